The molecule has 140 valence electrons. The van der Waals surface area contributed by atoms with Crippen molar-refractivity contribution in [2.24, 2.45) is 4.99 Å². The zero-order chi connectivity index (χ0) is 18.9. The Morgan fingerprint density at radius 3 is 2.89 bits per heavy atom. The summed E-state index contributed by atoms with van der Waals surface area (Å²) in [5.41, 5.74) is 4.11. The lowest BCUT2D eigenvalue weighted by Crippen LogP contribution is -2.19. The van der Waals surface area contributed by atoms with E-state index in [0.29, 0.717) is 5.75 Å². The Bertz CT molecular complexity index is 1070. The number of benzene rings is 2. The molecule has 0 radical (unpaired) electrons. The van der Waals surface area contributed by atoms with Gasteiger partial charge < -0.3 is 10.2 Å². The van der Waals surface area contributed by atoms with Crippen molar-refractivity contribution in [1.82, 2.24) is 9.88 Å². The van der Waals surface area contributed by atoms with Gasteiger partial charge in [0.05, 0.1) is 28.2 Å². The van der Waals surface area contributed by atoms with Crippen molar-refractivity contribution < 1.29 is 4.79 Å². The summed E-state index contributed by atoms with van der Waals surface area (Å²) in [5.74, 6) is 0.318. The molecule has 8 heteroatoms. The van der Waals surface area contributed by atoms with Gasteiger partial charge >= 0.3 is 0 Å². The first-order valence-corrected chi connectivity index (χ1v) is 11.5. The second kappa shape index (κ2) is 7.62. The standard InChI is InChI=1S/C20H16N4OS3/c25-18(12-27-20-23-15-3-1-2-4-17(15)28-20)22-14-7-5-13(6-8-14)16-11-26-19-21-9-10-24(16)19/h1-8,11H,9-10,12H2,(H,22,25). The predicted octanol–water partition coefficient (Wildman–Crippen LogP) is 4.74. The Balaban J connectivity index is 1.19. The smallest absolute Gasteiger partial charge is 0.234 e. The second-order valence-corrected chi connectivity index (χ2v) is 9.39. The summed E-state index contributed by atoms with van der Waals surface area (Å²) in [6.45, 7) is 1.80. The third-order valence-electron chi connectivity index (χ3n) is 4.43. The fraction of sp³-hybridized carbons (Fsp3) is 0.150. The van der Waals surface area contributed by atoms with Crippen LogP contribution < -0.4 is 5.32 Å². The Kier molecular flexibility index (Phi) is 4.84. The molecule has 0 aliphatic carbocycles. The molecule has 0 bridgehead atoms. The summed E-state index contributed by atoms with van der Waals surface area (Å²) >= 11 is 4.76. The van der Waals surface area contributed by atoms with E-state index in [1.807, 2.05) is 48.5 Å². The third-order valence-corrected chi connectivity index (χ3v) is 7.51. The number of hydrogen-bond donors (Lipinski definition) is 1. The maximum absolute atomic E-state index is 12.3. The van der Waals surface area contributed by atoms with E-state index in [-0.39, 0.29) is 5.91 Å². The number of amides is 1. The number of nitrogens with zero attached hydrogens (tertiary/aromatic N) is 3. The molecule has 0 unspecified atom stereocenters. The van der Waals surface area contributed by atoms with E-state index >= 15 is 0 Å². The minimum absolute atomic E-state index is 0.0263. The molecule has 0 saturated heterocycles. The first-order valence-electron chi connectivity index (χ1n) is 8.84. The van der Waals surface area contributed by atoms with Gasteiger partial charge in [0.15, 0.2) is 9.51 Å². The van der Waals surface area contributed by atoms with Gasteiger partial charge in [0.2, 0.25) is 5.91 Å². The summed E-state index contributed by atoms with van der Waals surface area (Å²) in [5, 5.41) is 6.19. The molecule has 0 fully saturated rings. The van der Waals surface area contributed by atoms with Crippen LogP contribution >= 0.6 is 34.9 Å². The first-order chi connectivity index (χ1) is 13.8. The number of nitrogens with one attached hydrogen (secondary N) is 1. The number of amidine groups is 1. The lowest BCUT2D eigenvalue weighted by atomic mass is 10.1. The number of fused-ring (bicyclic) bond motifs is 2. The summed E-state index contributed by atoms with van der Waals surface area (Å²) in [7, 11) is 0. The van der Waals surface area contributed by atoms with Gasteiger partial charge in [0.25, 0.3) is 0 Å². The Labute approximate surface area is 174 Å². The van der Waals surface area contributed by atoms with Crippen LogP contribution in [0.15, 0.2) is 63.3 Å². The predicted molar refractivity (Wildman–Crippen MR) is 120 cm³/mol. The van der Waals surface area contributed by atoms with Crippen molar-refractivity contribution in [1.29, 1.82) is 0 Å². The van der Waals surface area contributed by atoms with Crippen molar-refractivity contribution in [3.05, 3.63) is 59.5 Å². The molecule has 3 heterocycles. The van der Waals surface area contributed by atoms with E-state index in [1.165, 1.54) is 17.5 Å². The van der Waals surface area contributed by atoms with Crippen LogP contribution in [0.2, 0.25) is 0 Å². The maximum Gasteiger partial charge on any atom is 0.234 e. The van der Waals surface area contributed by atoms with Gasteiger partial charge in [-0.3, -0.25) is 9.79 Å². The molecule has 3 aromatic rings. The largest absolute Gasteiger partial charge is 0.325 e. The highest BCUT2D eigenvalue weighted by molar-refractivity contribution is 8.16. The molecule has 0 atom stereocenters. The van der Waals surface area contributed by atoms with Crippen molar-refractivity contribution in [2.45, 2.75) is 4.34 Å². The molecule has 5 rings (SSSR count). The van der Waals surface area contributed by atoms with Crippen LogP contribution in [-0.4, -0.2) is 39.8 Å². The normalized spacial score (nSPS) is 15.5. The average molecular weight is 425 g/mol. The second-order valence-electron chi connectivity index (χ2n) is 6.30. The number of hydrogen-bond acceptors (Lipinski definition) is 7. The highest BCUT2D eigenvalue weighted by Gasteiger charge is 2.26. The minimum atomic E-state index is -0.0263. The van der Waals surface area contributed by atoms with E-state index < -0.39 is 0 Å². The fourth-order valence-corrected chi connectivity index (χ4v) is 5.94. The number of anilines is 1. The topological polar surface area (TPSA) is 57.6 Å². The molecular weight excluding hydrogens is 408 g/mol. The van der Waals surface area contributed by atoms with Gasteiger partial charge in [-0.05, 0) is 29.8 Å². The van der Waals surface area contributed by atoms with Gasteiger partial charge in [-0.15, -0.1) is 11.3 Å². The molecule has 0 saturated carbocycles. The van der Waals surface area contributed by atoms with Crippen molar-refractivity contribution >= 4 is 67.5 Å². The van der Waals surface area contributed by atoms with Crippen LogP contribution in [0.1, 0.15) is 5.56 Å². The van der Waals surface area contributed by atoms with Crippen molar-refractivity contribution in [2.75, 3.05) is 24.2 Å². The number of carbonyl (C=O) groups excluding carboxylic acids is 1. The molecule has 2 aliphatic heterocycles. The van der Waals surface area contributed by atoms with Gasteiger partial charge in [0, 0.05) is 17.6 Å². The van der Waals surface area contributed by atoms with E-state index in [1.54, 1.807) is 23.1 Å². The van der Waals surface area contributed by atoms with Crippen LogP contribution in [0.25, 0.3) is 15.9 Å². The van der Waals surface area contributed by atoms with Crippen molar-refractivity contribution in [3.63, 3.8) is 0 Å². The monoisotopic (exact) mass is 424 g/mol. The lowest BCUT2D eigenvalue weighted by molar-refractivity contribution is -0.113. The number of thioether (sulfide) groups is 2. The summed E-state index contributed by atoms with van der Waals surface area (Å²) in [4.78, 5) is 23.6. The van der Waals surface area contributed by atoms with Crippen LogP contribution in [-0.2, 0) is 4.79 Å². The van der Waals surface area contributed by atoms with Gasteiger partial charge in [0.1, 0.15) is 0 Å². The summed E-state index contributed by atoms with van der Waals surface area (Å²) < 4.78 is 2.06. The molecule has 1 amide bonds. The highest BCUT2D eigenvalue weighted by atomic mass is 32.2. The van der Waals surface area contributed by atoms with E-state index in [0.717, 1.165) is 44.1 Å². The number of rotatable bonds is 5. The molecule has 2 aromatic carbocycles. The molecule has 1 N–H and O–H groups in total. The number of thiazole rings is 1. The van der Waals surface area contributed by atoms with Crippen LogP contribution in [0.5, 0.6) is 0 Å². The third kappa shape index (κ3) is 3.55. The summed E-state index contributed by atoms with van der Waals surface area (Å²) in [6.07, 6.45) is 0. The zero-order valence-electron chi connectivity index (χ0n) is 14.8. The minimum Gasteiger partial charge on any atom is -0.325 e. The van der Waals surface area contributed by atoms with Gasteiger partial charge in [-0.25, -0.2) is 4.98 Å². The summed E-state index contributed by atoms with van der Waals surface area (Å²) in [6, 6.07) is 16.0. The van der Waals surface area contributed by atoms with Gasteiger partial charge in [-0.1, -0.05) is 47.8 Å². The van der Waals surface area contributed by atoms with Gasteiger partial charge in [-0.2, -0.15) is 0 Å². The molecule has 2 aliphatic rings. The van der Waals surface area contributed by atoms with Crippen LogP contribution in [0.4, 0.5) is 5.69 Å². The molecular formula is C20H16N4OS3. The molecule has 0 spiro atoms. The van der Waals surface area contributed by atoms with Crippen molar-refractivity contribution in [3.8, 4) is 0 Å². The SMILES string of the molecule is O=C(CSc1nc2ccccc2s1)Nc1ccc(C2=CSC3=NCCN23)cc1. The Morgan fingerprint density at radius 2 is 2.04 bits per heavy atom. The highest BCUT2D eigenvalue weighted by Crippen LogP contribution is 2.35. The van der Waals surface area contributed by atoms with Crippen LogP contribution in [0.3, 0.4) is 0 Å². The maximum atomic E-state index is 12.3. The molecule has 28 heavy (non-hydrogen) atoms. The average Bonchev–Trinajstić information content (AvgIpc) is 3.42. The van der Waals surface area contributed by atoms with E-state index in [2.05, 4.69) is 25.6 Å². The number of para-hydroxylation sites is 1. The first kappa shape index (κ1) is 17.8. The van der Waals surface area contributed by atoms with E-state index in [4.69, 9.17) is 0 Å². The lowest BCUT2D eigenvalue weighted by Gasteiger charge is -2.16. The quantitative estimate of drug-likeness (QED) is 0.600. The number of aromatic nitrogens is 1. The Hall–Kier alpha value is -2.29. The van der Waals surface area contributed by atoms with Crippen LogP contribution in [0, 0.1) is 0 Å². The zero-order valence-corrected chi connectivity index (χ0v) is 17.2. The fourth-order valence-electron chi connectivity index (χ4n) is 3.11. The molecule has 1 aromatic heterocycles. The Morgan fingerprint density at radius 1 is 1.18 bits per heavy atom. The number of carbonyl (C=O) groups is 1. The molecule has 5 nitrogen and oxygen atoms in total. The number of aliphatic imine (C=N–C) groups is 1. The van der Waals surface area contributed by atoms with E-state index in [9.17, 15) is 4.79 Å².